The lowest BCUT2D eigenvalue weighted by Gasteiger charge is -2.10. The van der Waals surface area contributed by atoms with Gasteiger partial charge in [-0.2, -0.15) is 0 Å². The van der Waals surface area contributed by atoms with Gasteiger partial charge in [-0.05, 0) is 47.4 Å². The fraction of sp³-hybridized carbons (Fsp3) is 0.462. The SMILES string of the molecule is Cc1c(N)cc(Br)cc1-c1nnnn1CCC(C)C. The van der Waals surface area contributed by atoms with Crippen molar-refractivity contribution in [3.05, 3.63) is 22.2 Å². The Balaban J connectivity index is 2.40. The molecule has 5 nitrogen and oxygen atoms in total. The van der Waals surface area contributed by atoms with Gasteiger partial charge in [-0.3, -0.25) is 0 Å². The fourth-order valence-corrected chi connectivity index (χ4v) is 2.34. The van der Waals surface area contributed by atoms with Crippen molar-refractivity contribution in [3.8, 4) is 11.4 Å². The predicted molar refractivity (Wildman–Crippen MR) is 79.6 cm³/mol. The highest BCUT2D eigenvalue weighted by Crippen LogP contribution is 2.29. The van der Waals surface area contributed by atoms with Gasteiger partial charge in [-0.25, -0.2) is 4.68 Å². The van der Waals surface area contributed by atoms with Gasteiger partial charge in [0, 0.05) is 22.3 Å². The molecule has 0 radical (unpaired) electrons. The van der Waals surface area contributed by atoms with Crippen molar-refractivity contribution < 1.29 is 0 Å². The van der Waals surface area contributed by atoms with Crippen LogP contribution in [0.5, 0.6) is 0 Å². The minimum atomic E-state index is 0.616. The van der Waals surface area contributed by atoms with Crippen molar-refractivity contribution in [2.45, 2.75) is 33.7 Å². The van der Waals surface area contributed by atoms with Gasteiger partial charge in [0.15, 0.2) is 5.82 Å². The number of hydrogen-bond donors (Lipinski definition) is 1. The molecule has 1 heterocycles. The number of halogens is 1. The molecule has 6 heteroatoms. The van der Waals surface area contributed by atoms with Crippen LogP contribution in [0, 0.1) is 12.8 Å². The summed E-state index contributed by atoms with van der Waals surface area (Å²) in [5.74, 6) is 1.39. The van der Waals surface area contributed by atoms with E-state index in [1.807, 2.05) is 23.7 Å². The third kappa shape index (κ3) is 3.12. The lowest BCUT2D eigenvalue weighted by Crippen LogP contribution is -2.06. The number of hydrogen-bond acceptors (Lipinski definition) is 4. The van der Waals surface area contributed by atoms with Crippen LogP contribution < -0.4 is 5.73 Å². The molecule has 2 rings (SSSR count). The molecule has 0 fully saturated rings. The van der Waals surface area contributed by atoms with Crippen molar-refractivity contribution in [2.75, 3.05) is 5.73 Å². The molecule has 0 unspecified atom stereocenters. The largest absolute Gasteiger partial charge is 0.398 e. The second-order valence-electron chi connectivity index (χ2n) is 5.08. The zero-order valence-electron chi connectivity index (χ0n) is 11.4. The summed E-state index contributed by atoms with van der Waals surface area (Å²) in [6.45, 7) is 7.17. The predicted octanol–water partition coefficient (Wildman–Crippen LogP) is 3.04. The first-order valence-corrected chi connectivity index (χ1v) is 7.10. The highest BCUT2D eigenvalue weighted by molar-refractivity contribution is 9.10. The van der Waals surface area contributed by atoms with Crippen LogP contribution in [0.2, 0.25) is 0 Å². The van der Waals surface area contributed by atoms with Gasteiger partial charge in [0.25, 0.3) is 0 Å². The number of nitrogens with zero attached hydrogens (tertiary/aromatic N) is 4. The van der Waals surface area contributed by atoms with E-state index in [2.05, 4.69) is 45.3 Å². The van der Waals surface area contributed by atoms with Gasteiger partial charge in [-0.1, -0.05) is 29.8 Å². The van der Waals surface area contributed by atoms with Crippen LogP contribution in [0.15, 0.2) is 16.6 Å². The molecule has 0 saturated heterocycles. The number of aromatic nitrogens is 4. The Bertz CT molecular complexity index is 576. The monoisotopic (exact) mass is 323 g/mol. The van der Waals surface area contributed by atoms with Crippen LogP contribution in [0.1, 0.15) is 25.8 Å². The smallest absolute Gasteiger partial charge is 0.182 e. The second-order valence-corrected chi connectivity index (χ2v) is 5.99. The van der Waals surface area contributed by atoms with Gasteiger partial charge in [-0.15, -0.1) is 5.10 Å². The second kappa shape index (κ2) is 5.69. The summed E-state index contributed by atoms with van der Waals surface area (Å²) >= 11 is 3.46. The van der Waals surface area contributed by atoms with E-state index in [-0.39, 0.29) is 0 Å². The van der Waals surface area contributed by atoms with E-state index >= 15 is 0 Å². The summed E-state index contributed by atoms with van der Waals surface area (Å²) in [6, 6.07) is 3.89. The van der Waals surface area contributed by atoms with E-state index in [1.165, 1.54) is 0 Å². The molecule has 1 aromatic heterocycles. The van der Waals surface area contributed by atoms with Crippen LogP contribution in [-0.4, -0.2) is 20.2 Å². The highest BCUT2D eigenvalue weighted by atomic mass is 79.9. The van der Waals surface area contributed by atoms with Crippen LogP contribution >= 0.6 is 15.9 Å². The lowest BCUT2D eigenvalue weighted by molar-refractivity contribution is 0.481. The third-order valence-electron chi connectivity index (χ3n) is 3.10. The summed E-state index contributed by atoms with van der Waals surface area (Å²) in [5, 5.41) is 12.0. The van der Waals surface area contributed by atoms with E-state index in [4.69, 9.17) is 5.73 Å². The molecule has 19 heavy (non-hydrogen) atoms. The van der Waals surface area contributed by atoms with Gasteiger partial charge in [0.05, 0.1) is 0 Å². The summed E-state index contributed by atoms with van der Waals surface area (Å²) in [7, 11) is 0. The van der Waals surface area contributed by atoms with Crippen molar-refractivity contribution >= 4 is 21.6 Å². The Kier molecular flexibility index (Phi) is 4.19. The minimum Gasteiger partial charge on any atom is -0.398 e. The number of nitrogens with two attached hydrogens (primary N) is 1. The molecule has 0 atom stereocenters. The fourth-order valence-electron chi connectivity index (χ4n) is 1.86. The molecule has 0 spiro atoms. The Labute approximate surface area is 121 Å². The average Bonchev–Trinajstić information content (AvgIpc) is 2.79. The Hall–Kier alpha value is -1.43. The van der Waals surface area contributed by atoms with E-state index in [0.717, 1.165) is 40.1 Å². The molecule has 0 aliphatic carbocycles. The van der Waals surface area contributed by atoms with Crippen LogP contribution in [0.3, 0.4) is 0 Å². The van der Waals surface area contributed by atoms with Crippen LogP contribution in [0.25, 0.3) is 11.4 Å². The van der Waals surface area contributed by atoms with Crippen molar-refractivity contribution in [3.63, 3.8) is 0 Å². The molecule has 0 bridgehead atoms. The zero-order chi connectivity index (χ0) is 14.0. The first-order valence-electron chi connectivity index (χ1n) is 6.31. The van der Waals surface area contributed by atoms with E-state index in [1.54, 1.807) is 0 Å². The molecule has 2 aromatic rings. The normalized spacial score (nSPS) is 11.2. The molecule has 0 aliphatic rings. The Morgan fingerprint density at radius 1 is 1.37 bits per heavy atom. The summed E-state index contributed by atoms with van der Waals surface area (Å²) in [5.41, 5.74) is 8.71. The van der Waals surface area contributed by atoms with E-state index in [9.17, 15) is 0 Å². The lowest BCUT2D eigenvalue weighted by atomic mass is 10.1. The number of tetrazole rings is 1. The summed E-state index contributed by atoms with van der Waals surface area (Å²) in [6.07, 6.45) is 1.04. The highest BCUT2D eigenvalue weighted by Gasteiger charge is 2.14. The van der Waals surface area contributed by atoms with Crippen molar-refractivity contribution in [2.24, 2.45) is 5.92 Å². The molecule has 0 aliphatic heterocycles. The molecule has 0 amide bonds. The Morgan fingerprint density at radius 3 is 2.79 bits per heavy atom. The van der Waals surface area contributed by atoms with Gasteiger partial charge < -0.3 is 5.73 Å². The zero-order valence-corrected chi connectivity index (χ0v) is 13.0. The van der Waals surface area contributed by atoms with Crippen molar-refractivity contribution in [1.82, 2.24) is 20.2 Å². The van der Waals surface area contributed by atoms with Crippen molar-refractivity contribution in [1.29, 1.82) is 0 Å². The number of nitrogen functional groups attached to an aromatic ring is 1. The maximum Gasteiger partial charge on any atom is 0.182 e. The van der Waals surface area contributed by atoms with Gasteiger partial charge in [0.1, 0.15) is 0 Å². The van der Waals surface area contributed by atoms with Crippen LogP contribution in [0.4, 0.5) is 5.69 Å². The first kappa shape index (κ1) is 14.0. The summed E-state index contributed by atoms with van der Waals surface area (Å²) < 4.78 is 2.78. The minimum absolute atomic E-state index is 0.616. The standard InChI is InChI=1S/C13H18BrN5/c1-8(2)4-5-19-13(16-17-18-19)11-6-10(14)7-12(15)9(11)3/h6-8H,4-5,15H2,1-3H3. The molecule has 1 aromatic carbocycles. The molecular weight excluding hydrogens is 306 g/mol. The van der Waals surface area contributed by atoms with E-state index in [0.29, 0.717) is 5.92 Å². The number of rotatable bonds is 4. The number of benzene rings is 1. The maximum absolute atomic E-state index is 5.99. The third-order valence-corrected chi connectivity index (χ3v) is 3.56. The van der Waals surface area contributed by atoms with Gasteiger partial charge >= 0.3 is 0 Å². The molecule has 102 valence electrons. The number of anilines is 1. The molecule has 0 saturated carbocycles. The van der Waals surface area contributed by atoms with Crippen LogP contribution in [-0.2, 0) is 6.54 Å². The molecule has 2 N–H and O–H groups in total. The quantitative estimate of drug-likeness (QED) is 0.878. The average molecular weight is 324 g/mol. The first-order chi connectivity index (χ1) is 8.99. The Morgan fingerprint density at radius 2 is 2.11 bits per heavy atom. The topological polar surface area (TPSA) is 69.6 Å². The number of aryl methyl sites for hydroxylation is 1. The maximum atomic E-state index is 5.99. The summed E-state index contributed by atoms with van der Waals surface area (Å²) in [4.78, 5) is 0. The van der Waals surface area contributed by atoms with Gasteiger partial charge in [0.2, 0.25) is 0 Å². The molecular formula is C13H18BrN5. The van der Waals surface area contributed by atoms with E-state index < -0.39 is 0 Å².